The molecule has 2 aromatic carbocycles. The first-order valence-electron chi connectivity index (χ1n) is 10.3. The number of aryl methyl sites for hydroxylation is 1. The van der Waals surface area contributed by atoms with Crippen LogP contribution in [-0.2, 0) is 11.3 Å². The van der Waals surface area contributed by atoms with E-state index in [0.717, 1.165) is 0 Å². The number of nitrogens with one attached hydrogen (secondary N) is 2. The van der Waals surface area contributed by atoms with Crippen molar-refractivity contribution >= 4 is 51.0 Å². The Hall–Kier alpha value is -3.91. The van der Waals surface area contributed by atoms with Gasteiger partial charge in [-0.2, -0.15) is 0 Å². The van der Waals surface area contributed by atoms with E-state index in [1.54, 1.807) is 41.8 Å². The SMILES string of the molecule is CCOC(=O)c1cn(CC)c2ccc(NC(=O)c3c[nH]c4c(Cl)cccc4c3=O)cc2c1=O. The molecular weight excluding hydrogens is 446 g/mol. The molecule has 0 aliphatic heterocycles. The van der Waals surface area contributed by atoms with Gasteiger partial charge in [-0.1, -0.05) is 17.7 Å². The van der Waals surface area contributed by atoms with E-state index >= 15 is 0 Å². The molecule has 0 fully saturated rings. The number of nitrogens with zero attached hydrogens (tertiary/aromatic N) is 1. The van der Waals surface area contributed by atoms with Crippen LogP contribution in [-0.4, -0.2) is 28.0 Å². The summed E-state index contributed by atoms with van der Waals surface area (Å²) in [5, 5.41) is 3.56. The Labute approximate surface area is 192 Å². The number of benzene rings is 2. The molecule has 33 heavy (non-hydrogen) atoms. The third kappa shape index (κ3) is 4.01. The van der Waals surface area contributed by atoms with Crippen LogP contribution in [0.2, 0.25) is 5.02 Å². The van der Waals surface area contributed by atoms with Crippen molar-refractivity contribution < 1.29 is 14.3 Å². The highest BCUT2D eigenvalue weighted by Crippen LogP contribution is 2.21. The lowest BCUT2D eigenvalue weighted by Crippen LogP contribution is -2.23. The Morgan fingerprint density at radius 1 is 1.06 bits per heavy atom. The highest BCUT2D eigenvalue weighted by molar-refractivity contribution is 6.35. The maximum atomic E-state index is 13.0. The van der Waals surface area contributed by atoms with Crippen LogP contribution in [0.3, 0.4) is 0 Å². The van der Waals surface area contributed by atoms with E-state index in [0.29, 0.717) is 33.7 Å². The Morgan fingerprint density at radius 2 is 1.82 bits per heavy atom. The monoisotopic (exact) mass is 465 g/mol. The number of carbonyl (C=O) groups is 2. The number of H-pyrrole nitrogens is 1. The van der Waals surface area contributed by atoms with Gasteiger partial charge in [0.15, 0.2) is 0 Å². The molecule has 0 unspecified atom stereocenters. The van der Waals surface area contributed by atoms with Gasteiger partial charge in [0.05, 0.1) is 22.7 Å². The van der Waals surface area contributed by atoms with Crippen molar-refractivity contribution in [3.63, 3.8) is 0 Å². The molecule has 0 aliphatic carbocycles. The number of hydrogen-bond acceptors (Lipinski definition) is 5. The Bertz CT molecular complexity index is 1540. The molecule has 2 heterocycles. The number of pyridine rings is 2. The maximum absolute atomic E-state index is 13.0. The number of hydrogen-bond donors (Lipinski definition) is 2. The fraction of sp³-hybridized carbons (Fsp3) is 0.167. The van der Waals surface area contributed by atoms with E-state index in [-0.39, 0.29) is 23.1 Å². The number of amides is 1. The number of fused-ring (bicyclic) bond motifs is 2. The number of esters is 1. The molecule has 0 saturated carbocycles. The smallest absolute Gasteiger partial charge is 0.343 e. The Balaban J connectivity index is 1.76. The molecule has 4 rings (SSSR count). The molecule has 1 amide bonds. The van der Waals surface area contributed by atoms with Gasteiger partial charge in [0, 0.05) is 35.4 Å². The predicted molar refractivity (Wildman–Crippen MR) is 127 cm³/mol. The zero-order chi connectivity index (χ0) is 23.7. The maximum Gasteiger partial charge on any atom is 0.343 e. The van der Waals surface area contributed by atoms with Gasteiger partial charge in [-0.3, -0.25) is 14.4 Å². The summed E-state index contributed by atoms with van der Waals surface area (Å²) in [5.41, 5.74) is 0.196. The molecule has 8 nitrogen and oxygen atoms in total. The lowest BCUT2D eigenvalue weighted by Gasteiger charge is -2.13. The molecular formula is C24H20ClN3O5. The van der Waals surface area contributed by atoms with Crippen molar-refractivity contribution in [1.29, 1.82) is 0 Å². The first-order chi connectivity index (χ1) is 15.8. The minimum atomic E-state index is -0.706. The summed E-state index contributed by atoms with van der Waals surface area (Å²) in [7, 11) is 0. The van der Waals surface area contributed by atoms with Gasteiger partial charge >= 0.3 is 5.97 Å². The summed E-state index contributed by atoms with van der Waals surface area (Å²) in [6, 6.07) is 9.64. The second-order valence-electron chi connectivity index (χ2n) is 7.26. The van der Waals surface area contributed by atoms with Gasteiger partial charge in [0.25, 0.3) is 5.91 Å². The summed E-state index contributed by atoms with van der Waals surface area (Å²) in [6.07, 6.45) is 2.77. The van der Waals surface area contributed by atoms with Gasteiger partial charge in [0.2, 0.25) is 10.9 Å². The molecule has 4 aromatic rings. The third-order valence-corrected chi connectivity index (χ3v) is 5.60. The summed E-state index contributed by atoms with van der Waals surface area (Å²) in [4.78, 5) is 53.7. The van der Waals surface area contributed by atoms with Crippen LogP contribution in [0.1, 0.15) is 34.6 Å². The number of anilines is 1. The second kappa shape index (κ2) is 8.91. The van der Waals surface area contributed by atoms with Crippen molar-refractivity contribution in [2.24, 2.45) is 0 Å². The molecule has 9 heteroatoms. The van der Waals surface area contributed by atoms with E-state index in [1.165, 1.54) is 18.5 Å². The molecule has 2 N–H and O–H groups in total. The highest BCUT2D eigenvalue weighted by Gasteiger charge is 2.18. The van der Waals surface area contributed by atoms with Crippen LogP contribution in [0.25, 0.3) is 21.8 Å². The number of para-hydroxylation sites is 1. The molecule has 0 saturated heterocycles. The second-order valence-corrected chi connectivity index (χ2v) is 7.67. The first-order valence-corrected chi connectivity index (χ1v) is 10.7. The molecule has 0 atom stereocenters. The van der Waals surface area contributed by atoms with Crippen molar-refractivity contribution in [2.45, 2.75) is 20.4 Å². The van der Waals surface area contributed by atoms with Gasteiger partial charge in [-0.05, 0) is 44.2 Å². The largest absolute Gasteiger partial charge is 0.462 e. The number of aromatic amines is 1. The fourth-order valence-electron chi connectivity index (χ4n) is 3.67. The average molecular weight is 466 g/mol. The summed E-state index contributed by atoms with van der Waals surface area (Å²) in [6.45, 7) is 4.20. The van der Waals surface area contributed by atoms with Crippen molar-refractivity contribution in [1.82, 2.24) is 9.55 Å². The Morgan fingerprint density at radius 3 is 2.55 bits per heavy atom. The number of halogens is 1. The van der Waals surface area contributed by atoms with E-state index in [4.69, 9.17) is 16.3 Å². The summed E-state index contributed by atoms with van der Waals surface area (Å²) < 4.78 is 6.75. The van der Waals surface area contributed by atoms with Crippen LogP contribution in [0.4, 0.5) is 5.69 Å². The quantitative estimate of drug-likeness (QED) is 0.434. The standard InChI is InChI=1S/C24H20ClN3O5/c1-3-28-12-17(24(32)33-4-2)22(30)15-10-13(8-9-19(15)28)27-23(31)16-11-26-20-14(21(16)29)6-5-7-18(20)25/h5-12H,3-4H2,1-2H3,(H,26,29)(H,27,31). The zero-order valence-electron chi connectivity index (χ0n) is 17.9. The molecule has 0 radical (unpaired) electrons. The lowest BCUT2D eigenvalue weighted by molar-refractivity contribution is 0.0524. The normalized spacial score (nSPS) is 11.0. The summed E-state index contributed by atoms with van der Waals surface area (Å²) >= 11 is 6.11. The molecule has 168 valence electrons. The van der Waals surface area contributed by atoms with Crippen LogP contribution >= 0.6 is 11.6 Å². The predicted octanol–water partition coefficient (Wildman–Crippen LogP) is 3.95. The van der Waals surface area contributed by atoms with Crippen molar-refractivity contribution in [3.05, 3.63) is 85.4 Å². The van der Waals surface area contributed by atoms with Crippen LogP contribution in [0, 0.1) is 0 Å². The molecule has 2 aromatic heterocycles. The molecule has 0 aliphatic rings. The number of carbonyl (C=O) groups excluding carboxylic acids is 2. The number of rotatable bonds is 5. The third-order valence-electron chi connectivity index (χ3n) is 5.28. The minimum absolute atomic E-state index is 0.0856. The fourth-order valence-corrected chi connectivity index (χ4v) is 3.90. The van der Waals surface area contributed by atoms with E-state index in [2.05, 4.69) is 10.3 Å². The highest BCUT2D eigenvalue weighted by atomic mass is 35.5. The van der Waals surface area contributed by atoms with E-state index < -0.39 is 22.7 Å². The lowest BCUT2D eigenvalue weighted by atomic mass is 10.1. The average Bonchev–Trinajstić information content (AvgIpc) is 2.80. The summed E-state index contributed by atoms with van der Waals surface area (Å²) in [5.74, 6) is -1.35. The number of aromatic nitrogens is 2. The van der Waals surface area contributed by atoms with Gasteiger partial charge in [-0.15, -0.1) is 0 Å². The molecule has 0 spiro atoms. The van der Waals surface area contributed by atoms with E-state index in [9.17, 15) is 19.2 Å². The minimum Gasteiger partial charge on any atom is -0.462 e. The number of ether oxygens (including phenoxy) is 1. The van der Waals surface area contributed by atoms with Crippen molar-refractivity contribution in [2.75, 3.05) is 11.9 Å². The first kappa shape index (κ1) is 22.3. The van der Waals surface area contributed by atoms with Crippen LogP contribution in [0.5, 0.6) is 0 Å². The molecule has 0 bridgehead atoms. The zero-order valence-corrected chi connectivity index (χ0v) is 18.7. The van der Waals surface area contributed by atoms with E-state index in [1.807, 2.05) is 6.92 Å². The van der Waals surface area contributed by atoms with Crippen LogP contribution in [0.15, 0.2) is 58.4 Å². The van der Waals surface area contributed by atoms with Gasteiger partial charge < -0.3 is 19.6 Å². The van der Waals surface area contributed by atoms with Gasteiger partial charge in [0.1, 0.15) is 11.1 Å². The van der Waals surface area contributed by atoms with Gasteiger partial charge in [-0.25, -0.2) is 4.79 Å². The van der Waals surface area contributed by atoms with Crippen molar-refractivity contribution in [3.8, 4) is 0 Å². The van der Waals surface area contributed by atoms with Crippen LogP contribution < -0.4 is 16.2 Å². The Kier molecular flexibility index (Phi) is 6.02. The topological polar surface area (TPSA) is 110 Å².